The molecule has 0 aromatic carbocycles. The molecule has 1 saturated heterocycles. The zero-order chi connectivity index (χ0) is 12.8. The molecule has 0 aliphatic carbocycles. The number of likely N-dealkylation sites (N-methyl/N-ethyl adjacent to an activating group) is 1. The summed E-state index contributed by atoms with van der Waals surface area (Å²) in [5.74, 6) is 0.594. The van der Waals surface area contributed by atoms with Crippen molar-refractivity contribution in [2.75, 3.05) is 39.3 Å². The number of rotatable bonds is 6. The molecular weight excluding hydrogens is 214 g/mol. The van der Waals surface area contributed by atoms with Crippen LogP contribution in [-0.2, 0) is 0 Å². The van der Waals surface area contributed by atoms with Gasteiger partial charge in [0.2, 0.25) is 0 Å². The zero-order valence-corrected chi connectivity index (χ0v) is 11.6. The van der Waals surface area contributed by atoms with Crippen molar-refractivity contribution in [1.29, 1.82) is 0 Å². The molecule has 0 aromatic heterocycles. The second-order valence-electron chi connectivity index (χ2n) is 5.51. The summed E-state index contributed by atoms with van der Waals surface area (Å²) in [6, 6.07) is 0.226. The first kappa shape index (κ1) is 14.9. The third-order valence-corrected chi connectivity index (χ3v) is 3.75. The van der Waals surface area contributed by atoms with Gasteiger partial charge >= 0.3 is 0 Å². The fourth-order valence-corrected chi connectivity index (χ4v) is 2.63. The largest absolute Gasteiger partial charge is 0.395 e. The number of nitrogens with zero attached hydrogens (tertiary/aromatic N) is 2. The van der Waals surface area contributed by atoms with Crippen molar-refractivity contribution in [3.8, 4) is 0 Å². The van der Waals surface area contributed by atoms with Gasteiger partial charge in [-0.1, -0.05) is 20.8 Å². The molecule has 4 nitrogen and oxygen atoms in total. The number of hydrogen-bond acceptors (Lipinski definition) is 4. The summed E-state index contributed by atoms with van der Waals surface area (Å²) in [6.45, 7) is 12.1. The van der Waals surface area contributed by atoms with Gasteiger partial charge in [-0.05, 0) is 18.9 Å². The van der Waals surface area contributed by atoms with Gasteiger partial charge in [-0.2, -0.15) is 0 Å². The summed E-state index contributed by atoms with van der Waals surface area (Å²) in [4.78, 5) is 4.80. The maximum Gasteiger partial charge on any atom is 0.0601 e. The van der Waals surface area contributed by atoms with E-state index in [9.17, 15) is 5.11 Å². The van der Waals surface area contributed by atoms with E-state index < -0.39 is 0 Å². The Morgan fingerprint density at radius 3 is 2.18 bits per heavy atom. The predicted octanol–water partition coefficient (Wildman–Crippen LogP) is 0.358. The third kappa shape index (κ3) is 4.54. The van der Waals surface area contributed by atoms with Gasteiger partial charge in [0.1, 0.15) is 0 Å². The second-order valence-corrected chi connectivity index (χ2v) is 5.51. The highest BCUT2D eigenvalue weighted by Gasteiger charge is 2.27. The molecule has 3 N–H and O–H groups in total. The maximum absolute atomic E-state index is 9.55. The Balaban J connectivity index is 2.45. The van der Waals surface area contributed by atoms with Gasteiger partial charge < -0.3 is 15.7 Å². The smallest absolute Gasteiger partial charge is 0.0601 e. The highest BCUT2D eigenvalue weighted by Crippen LogP contribution is 2.13. The minimum absolute atomic E-state index is 0.0909. The highest BCUT2D eigenvalue weighted by molar-refractivity contribution is 4.85. The van der Waals surface area contributed by atoms with Crippen LogP contribution in [0.5, 0.6) is 0 Å². The first-order valence-electron chi connectivity index (χ1n) is 6.91. The minimum Gasteiger partial charge on any atom is -0.395 e. The first-order chi connectivity index (χ1) is 8.08. The average Bonchev–Trinajstić information content (AvgIpc) is 2.30. The van der Waals surface area contributed by atoms with Crippen molar-refractivity contribution < 1.29 is 5.11 Å². The highest BCUT2D eigenvalue weighted by atomic mass is 16.3. The average molecular weight is 243 g/mol. The lowest BCUT2D eigenvalue weighted by molar-refractivity contribution is 0.0518. The van der Waals surface area contributed by atoms with E-state index in [4.69, 9.17) is 5.73 Å². The lowest BCUT2D eigenvalue weighted by atomic mass is 9.97. The second kappa shape index (κ2) is 7.31. The van der Waals surface area contributed by atoms with Gasteiger partial charge in [-0.25, -0.2) is 0 Å². The van der Waals surface area contributed by atoms with Gasteiger partial charge in [0.25, 0.3) is 0 Å². The van der Waals surface area contributed by atoms with E-state index >= 15 is 0 Å². The third-order valence-electron chi connectivity index (χ3n) is 3.75. The van der Waals surface area contributed by atoms with Gasteiger partial charge in [-0.15, -0.1) is 0 Å². The first-order valence-corrected chi connectivity index (χ1v) is 6.91. The number of hydrogen-bond donors (Lipinski definition) is 2. The maximum atomic E-state index is 9.55. The van der Waals surface area contributed by atoms with Crippen molar-refractivity contribution >= 4 is 0 Å². The molecule has 0 bridgehead atoms. The van der Waals surface area contributed by atoms with Gasteiger partial charge in [0.15, 0.2) is 0 Å². The molecule has 1 aliphatic heterocycles. The van der Waals surface area contributed by atoms with Crippen molar-refractivity contribution in [2.45, 2.75) is 39.3 Å². The van der Waals surface area contributed by atoms with E-state index in [-0.39, 0.29) is 18.7 Å². The van der Waals surface area contributed by atoms with Crippen LogP contribution in [0.3, 0.4) is 0 Å². The van der Waals surface area contributed by atoms with Crippen LogP contribution in [0.2, 0.25) is 0 Å². The molecule has 1 aliphatic rings. The van der Waals surface area contributed by atoms with E-state index in [1.807, 2.05) is 0 Å². The van der Waals surface area contributed by atoms with Gasteiger partial charge in [-0.3, -0.25) is 4.90 Å². The van der Waals surface area contributed by atoms with Crippen LogP contribution >= 0.6 is 0 Å². The fourth-order valence-electron chi connectivity index (χ4n) is 2.63. The van der Waals surface area contributed by atoms with Crippen molar-refractivity contribution in [3.05, 3.63) is 0 Å². The van der Waals surface area contributed by atoms with E-state index in [1.165, 1.54) is 0 Å². The van der Waals surface area contributed by atoms with E-state index in [2.05, 4.69) is 30.6 Å². The van der Waals surface area contributed by atoms with Crippen molar-refractivity contribution in [2.24, 2.45) is 11.7 Å². The topological polar surface area (TPSA) is 52.7 Å². The number of nitrogens with two attached hydrogens (primary N) is 1. The molecule has 0 saturated carbocycles. The molecule has 1 heterocycles. The van der Waals surface area contributed by atoms with Crippen molar-refractivity contribution in [3.63, 3.8) is 0 Å². The quantitative estimate of drug-likeness (QED) is 0.707. The predicted molar refractivity (Wildman–Crippen MR) is 72.0 cm³/mol. The van der Waals surface area contributed by atoms with Crippen LogP contribution in [0, 0.1) is 5.92 Å². The number of aliphatic hydroxyl groups excluding tert-OH is 1. The summed E-state index contributed by atoms with van der Waals surface area (Å²) < 4.78 is 0. The summed E-state index contributed by atoms with van der Waals surface area (Å²) in [5.41, 5.74) is 6.21. The van der Waals surface area contributed by atoms with Crippen LogP contribution in [0.1, 0.15) is 27.2 Å². The van der Waals surface area contributed by atoms with E-state index in [0.717, 1.165) is 39.1 Å². The molecule has 17 heavy (non-hydrogen) atoms. The lowest BCUT2D eigenvalue weighted by Gasteiger charge is -2.40. The fraction of sp³-hybridized carbons (Fsp3) is 1.00. The van der Waals surface area contributed by atoms with Crippen LogP contribution in [0.25, 0.3) is 0 Å². The Morgan fingerprint density at radius 1 is 1.18 bits per heavy atom. The SMILES string of the molecule is CCN1CCN(C(CO)C(N)CC(C)C)CC1. The standard InChI is InChI=1S/C13H29N3O/c1-4-15-5-7-16(8-6-15)13(10-17)12(14)9-11(2)3/h11-13,17H,4-10,14H2,1-3H3. The molecule has 1 rings (SSSR count). The van der Waals surface area contributed by atoms with Gasteiger partial charge in [0.05, 0.1) is 6.61 Å². The van der Waals surface area contributed by atoms with Crippen LogP contribution in [0.15, 0.2) is 0 Å². The molecule has 0 aromatic rings. The monoisotopic (exact) mass is 243 g/mol. The minimum atomic E-state index is 0.0909. The molecule has 0 spiro atoms. The lowest BCUT2D eigenvalue weighted by Crippen LogP contribution is -2.57. The van der Waals surface area contributed by atoms with Crippen LogP contribution in [0.4, 0.5) is 0 Å². The van der Waals surface area contributed by atoms with Crippen LogP contribution < -0.4 is 5.73 Å². The molecule has 1 fully saturated rings. The van der Waals surface area contributed by atoms with E-state index in [1.54, 1.807) is 0 Å². The number of aliphatic hydroxyl groups is 1. The summed E-state index contributed by atoms with van der Waals surface area (Å²) in [5, 5.41) is 9.55. The van der Waals surface area contributed by atoms with E-state index in [0.29, 0.717) is 5.92 Å². The summed E-state index contributed by atoms with van der Waals surface area (Å²) in [6.07, 6.45) is 0.985. The Hall–Kier alpha value is -0.160. The van der Waals surface area contributed by atoms with Crippen molar-refractivity contribution in [1.82, 2.24) is 9.80 Å². The van der Waals surface area contributed by atoms with Gasteiger partial charge in [0, 0.05) is 38.3 Å². The Bertz CT molecular complexity index is 203. The molecule has 0 radical (unpaired) electrons. The molecule has 0 amide bonds. The molecule has 2 unspecified atom stereocenters. The summed E-state index contributed by atoms with van der Waals surface area (Å²) >= 11 is 0. The van der Waals surface area contributed by atoms with Crippen LogP contribution in [-0.4, -0.2) is 66.3 Å². The number of piperazine rings is 1. The molecular formula is C13H29N3O. The zero-order valence-electron chi connectivity index (χ0n) is 11.6. The Morgan fingerprint density at radius 2 is 1.76 bits per heavy atom. The molecule has 102 valence electrons. The summed E-state index contributed by atoms with van der Waals surface area (Å²) in [7, 11) is 0. The Kier molecular flexibility index (Phi) is 6.41. The Labute approximate surface area is 106 Å². The molecule has 2 atom stereocenters. The normalized spacial score (nSPS) is 22.9. The molecule has 4 heteroatoms.